The minimum absolute atomic E-state index is 0.206. The maximum atomic E-state index is 11.1. The molecule has 0 saturated carbocycles. The van der Waals surface area contributed by atoms with E-state index in [2.05, 4.69) is 0 Å². The second-order valence-corrected chi connectivity index (χ2v) is 5.07. The molecule has 0 aliphatic carbocycles. The summed E-state index contributed by atoms with van der Waals surface area (Å²) in [5.41, 5.74) is 0. The van der Waals surface area contributed by atoms with E-state index >= 15 is 0 Å². The topological polar surface area (TPSA) is 54.4 Å². The van der Waals surface area contributed by atoms with Gasteiger partial charge in [0.1, 0.15) is 0 Å². The van der Waals surface area contributed by atoms with E-state index in [1.165, 1.54) is 0 Å². The first-order chi connectivity index (χ1) is 4.67. The molecule has 0 aromatic carbocycles. The van der Waals surface area contributed by atoms with E-state index in [0.29, 0.717) is 6.42 Å². The Morgan fingerprint density at radius 3 is 2.50 bits per heavy atom. The van der Waals surface area contributed by atoms with Crippen LogP contribution in [0, 0.1) is 0 Å². The molecule has 0 radical (unpaired) electrons. The van der Waals surface area contributed by atoms with Crippen LogP contribution >= 0.6 is 0 Å². The molecule has 0 spiro atoms. The van der Waals surface area contributed by atoms with Crippen molar-refractivity contribution < 1.29 is 13.5 Å². The zero-order chi connectivity index (χ0) is 7.61. The van der Waals surface area contributed by atoms with E-state index < -0.39 is 15.1 Å². The summed E-state index contributed by atoms with van der Waals surface area (Å²) in [6, 6.07) is 0. The van der Waals surface area contributed by atoms with Gasteiger partial charge in [-0.3, -0.25) is 0 Å². The zero-order valence-electron chi connectivity index (χ0n) is 5.78. The van der Waals surface area contributed by atoms with Crippen LogP contribution in [-0.4, -0.2) is 31.1 Å². The summed E-state index contributed by atoms with van der Waals surface area (Å²) >= 11 is 0. The summed E-state index contributed by atoms with van der Waals surface area (Å²) in [5.74, 6) is 0.262. The van der Waals surface area contributed by atoms with Gasteiger partial charge in [0.25, 0.3) is 0 Å². The molecular weight excluding hydrogens is 152 g/mol. The van der Waals surface area contributed by atoms with E-state index in [4.69, 9.17) is 5.11 Å². The summed E-state index contributed by atoms with van der Waals surface area (Å²) < 4.78 is 22.1. The summed E-state index contributed by atoms with van der Waals surface area (Å²) in [4.78, 5) is 0. The second kappa shape index (κ2) is 2.88. The van der Waals surface area contributed by atoms with Crippen molar-refractivity contribution in [3.63, 3.8) is 0 Å². The lowest BCUT2D eigenvalue weighted by molar-refractivity contribution is 0.281. The van der Waals surface area contributed by atoms with Gasteiger partial charge >= 0.3 is 0 Å². The molecule has 60 valence electrons. The van der Waals surface area contributed by atoms with E-state index in [1.54, 1.807) is 0 Å². The highest BCUT2D eigenvalue weighted by Crippen LogP contribution is 2.18. The van der Waals surface area contributed by atoms with Crippen LogP contribution in [0.1, 0.15) is 19.3 Å². The Balaban J connectivity index is 2.70. The molecule has 0 amide bonds. The molecule has 3 nitrogen and oxygen atoms in total. The maximum Gasteiger partial charge on any atom is 0.155 e. The fraction of sp³-hybridized carbons (Fsp3) is 1.00. The van der Waals surface area contributed by atoms with Gasteiger partial charge < -0.3 is 5.11 Å². The molecular formula is C6H12O3S. The van der Waals surface area contributed by atoms with Gasteiger partial charge in [-0.1, -0.05) is 6.42 Å². The van der Waals surface area contributed by atoms with Gasteiger partial charge in [0, 0.05) is 0 Å². The lowest BCUT2D eigenvalue weighted by atomic mass is 10.2. The van der Waals surface area contributed by atoms with Gasteiger partial charge in [-0.05, 0) is 12.8 Å². The first-order valence-electron chi connectivity index (χ1n) is 3.49. The van der Waals surface area contributed by atoms with Gasteiger partial charge in [0.15, 0.2) is 9.84 Å². The Kier molecular flexibility index (Phi) is 2.31. The van der Waals surface area contributed by atoms with Crippen molar-refractivity contribution in [1.29, 1.82) is 0 Å². The summed E-state index contributed by atoms with van der Waals surface area (Å²) in [6.45, 7) is -0.206. The third-order valence-electron chi connectivity index (χ3n) is 1.92. The van der Waals surface area contributed by atoms with Crippen molar-refractivity contribution >= 4 is 9.84 Å². The van der Waals surface area contributed by atoms with Gasteiger partial charge in [0.05, 0.1) is 17.6 Å². The minimum atomic E-state index is -2.92. The number of hydrogen-bond donors (Lipinski definition) is 1. The molecule has 1 saturated heterocycles. The largest absolute Gasteiger partial charge is 0.395 e. The molecule has 1 atom stereocenters. The van der Waals surface area contributed by atoms with Crippen LogP contribution in [0.5, 0.6) is 0 Å². The van der Waals surface area contributed by atoms with Crippen LogP contribution in [0.15, 0.2) is 0 Å². The SMILES string of the molecule is O=S1(=O)CCCC[C@@H]1CO. The number of hydrogen-bond acceptors (Lipinski definition) is 3. The van der Waals surface area contributed by atoms with E-state index in [0.717, 1.165) is 12.8 Å². The predicted molar refractivity (Wildman–Crippen MR) is 38.5 cm³/mol. The summed E-state index contributed by atoms with van der Waals surface area (Å²) in [5, 5.41) is 8.18. The average Bonchev–Trinajstić information content (AvgIpc) is 1.87. The van der Waals surface area contributed by atoms with Crippen molar-refractivity contribution in [2.45, 2.75) is 24.5 Å². The Morgan fingerprint density at radius 1 is 1.40 bits per heavy atom. The summed E-state index contributed by atoms with van der Waals surface area (Å²) in [7, 11) is -2.92. The molecule has 1 aliphatic heterocycles. The Bertz CT molecular complexity index is 195. The third kappa shape index (κ3) is 1.49. The Hall–Kier alpha value is -0.0900. The lowest BCUT2D eigenvalue weighted by Crippen LogP contribution is -2.31. The maximum absolute atomic E-state index is 11.1. The molecule has 0 aromatic rings. The molecule has 1 N–H and O–H groups in total. The van der Waals surface area contributed by atoms with Crippen LogP contribution in [0.25, 0.3) is 0 Å². The van der Waals surface area contributed by atoms with Crippen LogP contribution < -0.4 is 0 Å². The van der Waals surface area contributed by atoms with Crippen LogP contribution in [0.3, 0.4) is 0 Å². The smallest absolute Gasteiger partial charge is 0.155 e. The fourth-order valence-corrected chi connectivity index (χ4v) is 2.92. The van der Waals surface area contributed by atoms with E-state index in [1.807, 2.05) is 0 Å². The number of rotatable bonds is 1. The number of aliphatic hydroxyl groups excluding tert-OH is 1. The first-order valence-corrected chi connectivity index (χ1v) is 5.21. The van der Waals surface area contributed by atoms with Crippen LogP contribution in [-0.2, 0) is 9.84 Å². The predicted octanol–water partition coefficient (Wildman–Crippen LogP) is -0.0540. The van der Waals surface area contributed by atoms with Gasteiger partial charge in [0.2, 0.25) is 0 Å². The highest BCUT2D eigenvalue weighted by atomic mass is 32.2. The molecule has 1 aliphatic rings. The van der Waals surface area contributed by atoms with Crippen molar-refractivity contribution in [2.24, 2.45) is 0 Å². The molecule has 0 unspecified atom stereocenters. The average molecular weight is 164 g/mol. The molecule has 4 heteroatoms. The fourth-order valence-electron chi connectivity index (χ4n) is 1.23. The third-order valence-corrected chi connectivity index (χ3v) is 4.17. The molecule has 1 heterocycles. The van der Waals surface area contributed by atoms with Crippen LogP contribution in [0.2, 0.25) is 0 Å². The second-order valence-electron chi connectivity index (χ2n) is 2.67. The monoisotopic (exact) mass is 164 g/mol. The highest BCUT2D eigenvalue weighted by molar-refractivity contribution is 7.92. The van der Waals surface area contributed by atoms with Crippen molar-refractivity contribution in [3.8, 4) is 0 Å². The molecule has 0 aromatic heterocycles. The van der Waals surface area contributed by atoms with Crippen molar-refractivity contribution in [1.82, 2.24) is 0 Å². The van der Waals surface area contributed by atoms with Gasteiger partial charge in [-0.15, -0.1) is 0 Å². The lowest BCUT2D eigenvalue weighted by Gasteiger charge is -2.19. The molecule has 1 fully saturated rings. The first kappa shape index (κ1) is 8.01. The van der Waals surface area contributed by atoms with Crippen molar-refractivity contribution in [3.05, 3.63) is 0 Å². The Morgan fingerprint density at radius 2 is 2.10 bits per heavy atom. The normalized spacial score (nSPS) is 31.9. The summed E-state index contributed by atoms with van der Waals surface area (Å²) in [6.07, 6.45) is 2.34. The quantitative estimate of drug-likeness (QED) is 0.591. The number of aliphatic hydroxyl groups is 1. The van der Waals surface area contributed by atoms with Crippen molar-refractivity contribution in [2.75, 3.05) is 12.4 Å². The molecule has 1 rings (SSSR count). The molecule has 10 heavy (non-hydrogen) atoms. The minimum Gasteiger partial charge on any atom is -0.395 e. The molecule has 0 bridgehead atoms. The van der Waals surface area contributed by atoms with Gasteiger partial charge in [-0.2, -0.15) is 0 Å². The Labute approximate surface area is 61.0 Å². The highest BCUT2D eigenvalue weighted by Gasteiger charge is 2.27. The van der Waals surface area contributed by atoms with E-state index in [-0.39, 0.29) is 12.4 Å². The zero-order valence-corrected chi connectivity index (χ0v) is 6.60. The van der Waals surface area contributed by atoms with Crippen LogP contribution in [0.4, 0.5) is 0 Å². The van der Waals surface area contributed by atoms with Gasteiger partial charge in [-0.25, -0.2) is 8.42 Å². The van der Waals surface area contributed by atoms with E-state index in [9.17, 15) is 8.42 Å². The number of sulfone groups is 1. The standard InChI is InChI=1S/C6H12O3S/c7-5-6-3-1-2-4-10(6,8)9/h6-7H,1-5H2/t6-/m1/s1.